The van der Waals surface area contributed by atoms with Crippen molar-refractivity contribution in [2.45, 2.75) is 0 Å². The van der Waals surface area contributed by atoms with Crippen molar-refractivity contribution in [1.29, 1.82) is 0 Å². The SMILES string of the molecule is NNc1cc(NCCOC(N)=O)ncn1. The first-order chi connectivity index (χ1) is 7.22. The number of hydrogen-bond acceptors (Lipinski definition) is 7. The smallest absolute Gasteiger partial charge is 0.404 e. The summed E-state index contributed by atoms with van der Waals surface area (Å²) in [6, 6.07) is 1.62. The van der Waals surface area contributed by atoms with Crippen LogP contribution < -0.4 is 22.3 Å². The van der Waals surface area contributed by atoms with Crippen molar-refractivity contribution in [2.24, 2.45) is 11.6 Å². The lowest BCUT2D eigenvalue weighted by molar-refractivity contribution is 0.161. The molecule has 0 aliphatic carbocycles. The van der Waals surface area contributed by atoms with Crippen LogP contribution >= 0.6 is 0 Å². The lowest BCUT2D eigenvalue weighted by atomic mass is 10.5. The molecule has 1 rings (SSSR count). The van der Waals surface area contributed by atoms with Gasteiger partial charge < -0.3 is 21.2 Å². The third-order valence-corrected chi connectivity index (χ3v) is 1.47. The Balaban J connectivity index is 2.33. The third-order valence-electron chi connectivity index (χ3n) is 1.47. The number of hydrogen-bond donors (Lipinski definition) is 4. The van der Waals surface area contributed by atoms with Gasteiger partial charge in [-0.15, -0.1) is 0 Å². The Morgan fingerprint density at radius 2 is 2.20 bits per heavy atom. The summed E-state index contributed by atoms with van der Waals surface area (Å²) >= 11 is 0. The summed E-state index contributed by atoms with van der Waals surface area (Å²) in [5.74, 6) is 6.22. The first-order valence-corrected chi connectivity index (χ1v) is 4.17. The number of hydrazine groups is 1. The molecule has 0 saturated heterocycles. The van der Waals surface area contributed by atoms with E-state index >= 15 is 0 Å². The van der Waals surface area contributed by atoms with E-state index in [1.807, 2.05) is 0 Å². The molecule has 1 amide bonds. The first kappa shape index (κ1) is 11.0. The number of rotatable bonds is 5. The third kappa shape index (κ3) is 4.09. The first-order valence-electron chi connectivity index (χ1n) is 4.17. The Kier molecular flexibility index (Phi) is 4.10. The van der Waals surface area contributed by atoms with Gasteiger partial charge in [-0.3, -0.25) is 0 Å². The maximum absolute atomic E-state index is 10.2. The summed E-state index contributed by atoms with van der Waals surface area (Å²) in [5, 5.41) is 2.90. The molecule has 0 unspecified atom stereocenters. The molecule has 1 heterocycles. The van der Waals surface area contributed by atoms with Gasteiger partial charge in [0.25, 0.3) is 0 Å². The largest absolute Gasteiger partial charge is 0.448 e. The molecule has 0 spiro atoms. The molecular formula is C7H12N6O2. The second-order valence-corrected chi connectivity index (χ2v) is 2.53. The monoisotopic (exact) mass is 212 g/mol. The van der Waals surface area contributed by atoms with E-state index in [2.05, 4.69) is 25.4 Å². The van der Waals surface area contributed by atoms with Crippen molar-refractivity contribution in [2.75, 3.05) is 23.9 Å². The lowest BCUT2D eigenvalue weighted by Gasteiger charge is -2.06. The van der Waals surface area contributed by atoms with Crippen LogP contribution in [0, 0.1) is 0 Å². The Hall–Kier alpha value is -2.09. The highest BCUT2D eigenvalue weighted by Gasteiger charge is 1.97. The van der Waals surface area contributed by atoms with Crippen molar-refractivity contribution in [3.05, 3.63) is 12.4 Å². The Labute approximate surface area is 86.0 Å². The predicted molar refractivity (Wildman–Crippen MR) is 53.9 cm³/mol. The highest BCUT2D eigenvalue weighted by atomic mass is 16.5. The van der Waals surface area contributed by atoms with Crippen LogP contribution in [0.2, 0.25) is 0 Å². The minimum atomic E-state index is -0.802. The number of anilines is 2. The van der Waals surface area contributed by atoms with Gasteiger partial charge in [0.1, 0.15) is 24.6 Å². The summed E-state index contributed by atoms with van der Waals surface area (Å²) in [4.78, 5) is 18.0. The molecule has 8 nitrogen and oxygen atoms in total. The number of nitrogen functional groups attached to an aromatic ring is 1. The number of primary amides is 1. The van der Waals surface area contributed by atoms with Gasteiger partial charge in [0, 0.05) is 6.07 Å². The van der Waals surface area contributed by atoms with Crippen molar-refractivity contribution in [1.82, 2.24) is 9.97 Å². The van der Waals surface area contributed by atoms with Crippen LogP contribution in [0.15, 0.2) is 12.4 Å². The molecule has 6 N–H and O–H groups in total. The quantitative estimate of drug-likeness (QED) is 0.287. The molecule has 82 valence electrons. The van der Waals surface area contributed by atoms with E-state index in [9.17, 15) is 4.79 Å². The fraction of sp³-hybridized carbons (Fsp3) is 0.286. The second kappa shape index (κ2) is 5.60. The van der Waals surface area contributed by atoms with Crippen LogP contribution in [0.25, 0.3) is 0 Å². The van der Waals surface area contributed by atoms with Gasteiger partial charge >= 0.3 is 6.09 Å². The molecule has 0 aliphatic rings. The van der Waals surface area contributed by atoms with E-state index in [1.54, 1.807) is 6.07 Å². The molecule has 0 fully saturated rings. The standard InChI is InChI=1S/C7H12N6O2/c8-7(14)15-2-1-10-5-3-6(13-9)12-4-11-5/h3-4H,1-2,9H2,(H2,8,14)(H2,10,11,12,13). The summed E-state index contributed by atoms with van der Waals surface area (Å²) < 4.78 is 4.51. The van der Waals surface area contributed by atoms with Gasteiger partial charge in [-0.1, -0.05) is 0 Å². The Morgan fingerprint density at radius 1 is 1.47 bits per heavy atom. The maximum atomic E-state index is 10.2. The number of amides is 1. The lowest BCUT2D eigenvalue weighted by Crippen LogP contribution is -2.18. The van der Waals surface area contributed by atoms with Crippen molar-refractivity contribution in [3.63, 3.8) is 0 Å². The summed E-state index contributed by atoms with van der Waals surface area (Å²) in [6.07, 6.45) is 0.552. The minimum absolute atomic E-state index is 0.171. The van der Waals surface area contributed by atoms with Crippen LogP contribution in [0.1, 0.15) is 0 Å². The number of nitrogens with zero attached hydrogens (tertiary/aromatic N) is 2. The maximum Gasteiger partial charge on any atom is 0.404 e. The van der Waals surface area contributed by atoms with Crippen LogP contribution in [-0.4, -0.2) is 29.2 Å². The zero-order valence-electron chi connectivity index (χ0n) is 7.93. The van der Waals surface area contributed by atoms with Gasteiger partial charge in [-0.2, -0.15) is 0 Å². The summed E-state index contributed by atoms with van der Waals surface area (Å²) in [5.41, 5.74) is 7.16. The summed E-state index contributed by atoms with van der Waals surface area (Å²) in [6.45, 7) is 0.578. The zero-order valence-corrected chi connectivity index (χ0v) is 7.93. The van der Waals surface area contributed by atoms with E-state index in [-0.39, 0.29) is 6.61 Å². The van der Waals surface area contributed by atoms with Gasteiger partial charge in [-0.25, -0.2) is 20.6 Å². The van der Waals surface area contributed by atoms with Crippen molar-refractivity contribution in [3.8, 4) is 0 Å². The van der Waals surface area contributed by atoms with Gasteiger partial charge in [0.05, 0.1) is 6.54 Å². The Morgan fingerprint density at radius 3 is 2.87 bits per heavy atom. The molecule has 8 heteroatoms. The van der Waals surface area contributed by atoms with Gasteiger partial charge in [0.2, 0.25) is 0 Å². The second-order valence-electron chi connectivity index (χ2n) is 2.53. The molecule has 1 aromatic rings. The minimum Gasteiger partial charge on any atom is -0.448 e. The number of carbonyl (C=O) groups is 1. The van der Waals surface area contributed by atoms with E-state index in [0.717, 1.165) is 0 Å². The number of carbonyl (C=O) groups excluding carboxylic acids is 1. The predicted octanol–water partition coefficient (Wildman–Crippen LogP) is -0.731. The van der Waals surface area contributed by atoms with E-state index in [1.165, 1.54) is 6.33 Å². The van der Waals surface area contributed by atoms with Gasteiger partial charge in [0.15, 0.2) is 0 Å². The molecule has 0 bridgehead atoms. The molecule has 0 saturated carbocycles. The molecule has 0 radical (unpaired) electrons. The molecule has 0 aliphatic heterocycles. The number of aromatic nitrogens is 2. The molecular weight excluding hydrogens is 200 g/mol. The summed E-state index contributed by atoms with van der Waals surface area (Å²) in [7, 11) is 0. The highest BCUT2D eigenvalue weighted by Crippen LogP contribution is 2.05. The molecule has 15 heavy (non-hydrogen) atoms. The normalized spacial score (nSPS) is 9.40. The topological polar surface area (TPSA) is 128 Å². The zero-order chi connectivity index (χ0) is 11.1. The number of nitrogens with one attached hydrogen (secondary N) is 2. The molecule has 0 aromatic carbocycles. The van der Waals surface area contributed by atoms with Gasteiger partial charge in [-0.05, 0) is 0 Å². The Bertz CT molecular complexity index is 331. The fourth-order valence-electron chi connectivity index (χ4n) is 0.864. The van der Waals surface area contributed by atoms with E-state index < -0.39 is 6.09 Å². The van der Waals surface area contributed by atoms with Crippen LogP contribution in [0.3, 0.4) is 0 Å². The van der Waals surface area contributed by atoms with Crippen molar-refractivity contribution >= 4 is 17.7 Å². The fourth-order valence-corrected chi connectivity index (χ4v) is 0.864. The van der Waals surface area contributed by atoms with E-state index in [0.29, 0.717) is 18.2 Å². The highest BCUT2D eigenvalue weighted by molar-refractivity contribution is 5.64. The molecule has 1 aromatic heterocycles. The number of nitrogens with two attached hydrogens (primary N) is 2. The van der Waals surface area contributed by atoms with Crippen LogP contribution in [-0.2, 0) is 4.74 Å². The van der Waals surface area contributed by atoms with Crippen molar-refractivity contribution < 1.29 is 9.53 Å². The average Bonchev–Trinajstić information content (AvgIpc) is 2.24. The average molecular weight is 212 g/mol. The number of ether oxygens (including phenoxy) is 1. The van der Waals surface area contributed by atoms with E-state index in [4.69, 9.17) is 11.6 Å². The van der Waals surface area contributed by atoms with Crippen LogP contribution in [0.4, 0.5) is 16.4 Å². The van der Waals surface area contributed by atoms with Crippen LogP contribution in [0.5, 0.6) is 0 Å². The molecule has 0 atom stereocenters.